The van der Waals surface area contributed by atoms with Crippen molar-refractivity contribution in [1.82, 2.24) is 29.1 Å². The van der Waals surface area contributed by atoms with Crippen LogP contribution in [0, 0.1) is 5.82 Å². The van der Waals surface area contributed by atoms with E-state index in [4.69, 9.17) is 40.5 Å². The number of rotatable bonds is 16. The molecule has 6 aromatic rings. The van der Waals surface area contributed by atoms with Gasteiger partial charge in [-0.05, 0) is 85.0 Å². The molecule has 62 heavy (non-hydrogen) atoms. The van der Waals surface area contributed by atoms with Crippen molar-refractivity contribution in [3.63, 3.8) is 0 Å². The number of hydrogen-bond acceptors (Lipinski definition) is 12. The van der Waals surface area contributed by atoms with E-state index >= 15 is 0 Å². The molecule has 0 saturated carbocycles. The van der Waals surface area contributed by atoms with E-state index in [2.05, 4.69) is 26.2 Å². The third-order valence-electron chi connectivity index (χ3n) is 11.1. The van der Waals surface area contributed by atoms with Gasteiger partial charge >= 0.3 is 5.97 Å². The molecule has 8 rings (SSSR count). The standard InChI is InChI=1S/C47H46ClFN6O6S/c1-29-34(15-16-38(43(29)48)59-24-23-55-21-19-54(2)20-22-55)41-42-40(27-51-44(41)31-10-8-11-32(49)25-31)62-53-46(42)61-39(47(56)57)26-30-9-4-6-13-36(30)60-28-33-17-18-50-45(52-33)35-12-5-7-14-37(35)58-3/h4-14,17-18,25,27,39H,15-16,19-24,26,28H2,1-3H3,(H,56,57)/t39-/m1/s1. The average molecular weight is 877 g/mol. The molecule has 0 radical (unpaired) electrons. The SMILES string of the molecule is COc1ccccc1-c1nccc(COc2ccccc2C[C@@H](Oc2nsc3cnc(-c4cccc(F)c4)c(C4=C(C)C(Cl)=C(OCCN5CCN(C)CC5)CC4)c23)C(=O)O)n1. The number of para-hydroxylation sites is 2. The number of pyridine rings is 1. The number of methoxy groups -OCH3 is 1. The van der Waals surface area contributed by atoms with Crippen LogP contribution in [0.1, 0.15) is 36.6 Å². The molecule has 3 aromatic heterocycles. The van der Waals surface area contributed by atoms with E-state index in [-0.39, 0.29) is 18.9 Å². The Labute approximate surface area is 368 Å². The summed E-state index contributed by atoms with van der Waals surface area (Å²) < 4.78 is 44.6. The summed E-state index contributed by atoms with van der Waals surface area (Å²) in [6.45, 7) is 7.41. The lowest BCUT2D eigenvalue weighted by Gasteiger charge is -2.32. The van der Waals surface area contributed by atoms with E-state index in [1.54, 1.807) is 49.8 Å². The van der Waals surface area contributed by atoms with Gasteiger partial charge in [-0.25, -0.2) is 19.2 Å². The lowest BCUT2D eigenvalue weighted by molar-refractivity contribution is -0.145. The van der Waals surface area contributed by atoms with Gasteiger partial charge in [0.2, 0.25) is 12.0 Å². The first kappa shape index (κ1) is 42.7. The maximum absolute atomic E-state index is 14.8. The Hall–Kier alpha value is -5.93. The zero-order valence-corrected chi connectivity index (χ0v) is 36.2. The summed E-state index contributed by atoms with van der Waals surface area (Å²) in [4.78, 5) is 31.7. The predicted octanol–water partition coefficient (Wildman–Crippen LogP) is 8.90. The molecule has 0 bridgehead atoms. The molecule has 2 aliphatic rings. The Bertz CT molecular complexity index is 2650. The van der Waals surface area contributed by atoms with Gasteiger partial charge in [0, 0.05) is 69.1 Å². The van der Waals surface area contributed by atoms with Crippen LogP contribution >= 0.6 is 23.1 Å². The second-order valence-corrected chi connectivity index (χ2v) is 16.4. The Balaban J connectivity index is 1.08. The van der Waals surface area contributed by atoms with Crippen molar-refractivity contribution in [2.24, 2.45) is 0 Å². The van der Waals surface area contributed by atoms with Gasteiger partial charge in [0.25, 0.3) is 0 Å². The number of allylic oxidation sites excluding steroid dienone is 4. The summed E-state index contributed by atoms with van der Waals surface area (Å²) in [5.41, 5.74) is 5.35. The summed E-state index contributed by atoms with van der Waals surface area (Å²) in [7, 11) is 3.73. The highest BCUT2D eigenvalue weighted by atomic mass is 35.5. The van der Waals surface area contributed by atoms with Gasteiger partial charge in [0.05, 0.1) is 39.2 Å². The number of ether oxygens (including phenoxy) is 4. The van der Waals surface area contributed by atoms with Crippen LogP contribution in [0.15, 0.2) is 108 Å². The van der Waals surface area contributed by atoms with Crippen molar-refractivity contribution < 1.29 is 33.2 Å². The van der Waals surface area contributed by atoms with Gasteiger partial charge in [-0.2, -0.15) is 4.37 Å². The highest BCUT2D eigenvalue weighted by Gasteiger charge is 2.30. The molecule has 1 atom stereocenters. The zero-order chi connectivity index (χ0) is 43.2. The molecule has 15 heteroatoms. The fourth-order valence-corrected chi connectivity index (χ4v) is 8.71. The fraction of sp³-hybridized carbons (Fsp3) is 0.298. The number of hydrogen-bond donors (Lipinski definition) is 1. The molecule has 3 aromatic carbocycles. The first-order valence-electron chi connectivity index (χ1n) is 20.4. The van der Waals surface area contributed by atoms with Crippen LogP contribution in [-0.2, 0) is 22.6 Å². The maximum atomic E-state index is 14.8. The lowest BCUT2D eigenvalue weighted by atomic mass is 9.87. The van der Waals surface area contributed by atoms with Gasteiger partial charge in [-0.1, -0.05) is 54.1 Å². The third kappa shape index (κ3) is 9.58. The van der Waals surface area contributed by atoms with Crippen molar-refractivity contribution in [3.8, 4) is 40.0 Å². The Morgan fingerprint density at radius 3 is 2.55 bits per heavy atom. The van der Waals surface area contributed by atoms with Crippen LogP contribution in [0.3, 0.4) is 0 Å². The fourth-order valence-electron chi connectivity index (χ4n) is 7.75. The number of halogens is 2. The number of benzene rings is 3. The summed E-state index contributed by atoms with van der Waals surface area (Å²) in [6, 6.07) is 22.7. The highest BCUT2D eigenvalue weighted by molar-refractivity contribution is 7.13. The first-order valence-corrected chi connectivity index (χ1v) is 21.5. The predicted molar refractivity (Wildman–Crippen MR) is 238 cm³/mol. The molecule has 0 unspecified atom stereocenters. The van der Waals surface area contributed by atoms with E-state index in [9.17, 15) is 14.3 Å². The Kier molecular flexibility index (Phi) is 13.4. The molecule has 0 amide bonds. The number of carbonyl (C=O) groups is 1. The molecular weight excluding hydrogens is 831 g/mol. The van der Waals surface area contributed by atoms with Crippen molar-refractivity contribution in [3.05, 3.63) is 130 Å². The minimum absolute atomic E-state index is 0.0386. The molecule has 4 heterocycles. The van der Waals surface area contributed by atoms with E-state index in [0.717, 1.165) is 66.7 Å². The number of nitrogens with zero attached hydrogens (tertiary/aromatic N) is 6. The molecule has 320 valence electrons. The Morgan fingerprint density at radius 2 is 1.76 bits per heavy atom. The van der Waals surface area contributed by atoms with Gasteiger partial charge < -0.3 is 29.0 Å². The second-order valence-electron chi connectivity index (χ2n) is 15.2. The van der Waals surface area contributed by atoms with E-state index in [1.165, 1.54) is 12.1 Å². The number of piperazine rings is 1. The average Bonchev–Trinajstić information content (AvgIpc) is 3.70. The van der Waals surface area contributed by atoms with Gasteiger partial charge in [-0.15, -0.1) is 0 Å². The number of aliphatic carboxylic acids is 1. The first-order chi connectivity index (χ1) is 30.2. The zero-order valence-electron chi connectivity index (χ0n) is 34.6. The molecule has 1 aliphatic carbocycles. The van der Waals surface area contributed by atoms with Crippen molar-refractivity contribution in [2.45, 2.75) is 38.9 Å². The van der Waals surface area contributed by atoms with E-state index in [0.29, 0.717) is 80.0 Å². The van der Waals surface area contributed by atoms with Crippen LogP contribution in [0.2, 0.25) is 0 Å². The third-order valence-corrected chi connectivity index (χ3v) is 12.4. The van der Waals surface area contributed by atoms with E-state index < -0.39 is 17.9 Å². The van der Waals surface area contributed by atoms with Crippen LogP contribution in [0.25, 0.3) is 38.3 Å². The lowest BCUT2D eigenvalue weighted by Crippen LogP contribution is -2.45. The quantitative estimate of drug-likeness (QED) is 0.0996. The minimum atomic E-state index is -1.36. The second kappa shape index (κ2) is 19.4. The van der Waals surface area contributed by atoms with Crippen LogP contribution in [0.4, 0.5) is 4.39 Å². The topological polar surface area (TPSA) is 132 Å². The van der Waals surface area contributed by atoms with E-state index in [1.807, 2.05) is 43.3 Å². The summed E-state index contributed by atoms with van der Waals surface area (Å²) in [5, 5.41) is 11.7. The number of aromatic nitrogens is 4. The molecule has 1 fully saturated rings. The van der Waals surface area contributed by atoms with Crippen molar-refractivity contribution in [1.29, 1.82) is 0 Å². The number of likely N-dealkylation sites (N-methyl/N-ethyl adjacent to an activating group) is 1. The van der Waals surface area contributed by atoms with Crippen molar-refractivity contribution >= 4 is 44.8 Å². The smallest absolute Gasteiger partial charge is 0.345 e. The largest absolute Gasteiger partial charge is 0.496 e. The molecule has 1 N–H and O–H groups in total. The molecule has 1 aliphatic heterocycles. The number of fused-ring (bicyclic) bond motifs is 1. The summed E-state index contributed by atoms with van der Waals surface area (Å²) in [5.74, 6) is 0.869. The molecular formula is C47H46ClFN6O6S. The van der Waals surface area contributed by atoms with Crippen LogP contribution in [-0.4, -0.2) is 99.8 Å². The Morgan fingerprint density at radius 1 is 0.968 bits per heavy atom. The van der Waals surface area contributed by atoms with Gasteiger partial charge in [0.15, 0.2) is 5.82 Å². The molecule has 1 saturated heterocycles. The monoisotopic (exact) mass is 876 g/mol. The summed E-state index contributed by atoms with van der Waals surface area (Å²) >= 11 is 8.25. The number of carboxylic acids is 1. The highest BCUT2D eigenvalue weighted by Crippen LogP contribution is 2.46. The van der Waals surface area contributed by atoms with Crippen molar-refractivity contribution in [2.75, 3.05) is 53.5 Å². The number of carboxylic acid groups (broad SMARTS) is 1. The molecule has 0 spiro atoms. The van der Waals surface area contributed by atoms with Gasteiger partial charge in [-0.3, -0.25) is 9.88 Å². The van der Waals surface area contributed by atoms with Crippen LogP contribution in [0.5, 0.6) is 17.4 Å². The maximum Gasteiger partial charge on any atom is 0.345 e. The molecule has 12 nitrogen and oxygen atoms in total. The minimum Gasteiger partial charge on any atom is -0.496 e. The summed E-state index contributed by atoms with van der Waals surface area (Å²) in [6.07, 6.45) is 3.01. The van der Waals surface area contributed by atoms with Gasteiger partial charge in [0.1, 0.15) is 36.3 Å². The normalized spacial score (nSPS) is 15.5. The van der Waals surface area contributed by atoms with Crippen LogP contribution < -0.4 is 14.2 Å².